The lowest BCUT2D eigenvalue weighted by Gasteiger charge is -2.12. The number of rotatable bonds is 5. The highest BCUT2D eigenvalue weighted by Gasteiger charge is 2.36. The number of aromatic amines is 1. The first-order chi connectivity index (χ1) is 13.2. The second-order valence-electron chi connectivity index (χ2n) is 5.42. The molecule has 0 atom stereocenters. The van der Waals surface area contributed by atoms with Gasteiger partial charge in [0.25, 0.3) is 11.4 Å². The van der Waals surface area contributed by atoms with Gasteiger partial charge in [-0.15, -0.1) is 5.10 Å². The summed E-state index contributed by atoms with van der Waals surface area (Å²) in [4.78, 5) is 29.8. The van der Waals surface area contributed by atoms with Crippen LogP contribution in [0, 0.1) is 0 Å². The average Bonchev–Trinajstić information content (AvgIpc) is 3.05. The van der Waals surface area contributed by atoms with E-state index >= 15 is 0 Å². The van der Waals surface area contributed by atoms with Crippen molar-refractivity contribution in [3.63, 3.8) is 0 Å². The fraction of sp³-hybridized carbons (Fsp3) is 0.250. The molecule has 1 aromatic carbocycles. The highest BCUT2D eigenvalue weighted by Crippen LogP contribution is 2.28. The Morgan fingerprint density at radius 1 is 1.36 bits per heavy atom. The van der Waals surface area contributed by atoms with E-state index < -0.39 is 29.3 Å². The number of ether oxygens (including phenoxy) is 2. The van der Waals surface area contributed by atoms with E-state index in [0.717, 1.165) is 6.07 Å². The van der Waals surface area contributed by atoms with Crippen LogP contribution in [0.4, 0.5) is 13.2 Å². The number of esters is 1. The Morgan fingerprint density at radius 3 is 2.79 bits per heavy atom. The van der Waals surface area contributed by atoms with Crippen LogP contribution in [0.3, 0.4) is 0 Å². The zero-order valence-electron chi connectivity index (χ0n) is 14.2. The zero-order chi connectivity index (χ0) is 20.5. The lowest BCUT2D eigenvalue weighted by atomic mass is 10.2. The Labute approximate surface area is 159 Å². The van der Waals surface area contributed by atoms with Gasteiger partial charge in [-0.3, -0.25) is 4.79 Å². The maximum Gasteiger partial charge on any atom is 0.453 e. The normalized spacial score (nSPS) is 11.6. The summed E-state index contributed by atoms with van der Waals surface area (Å²) in [6.45, 7) is 1.48. The van der Waals surface area contributed by atoms with Gasteiger partial charge in [-0.05, 0) is 19.1 Å². The molecule has 3 rings (SSSR count). The molecule has 0 aliphatic carbocycles. The number of halogens is 4. The third kappa shape index (κ3) is 3.93. The quantitative estimate of drug-likeness (QED) is 0.642. The molecule has 28 heavy (non-hydrogen) atoms. The Hall–Kier alpha value is -3.08. The lowest BCUT2D eigenvalue weighted by molar-refractivity contribution is -0.144. The number of nitrogens with zero attached hydrogens (tertiary/aromatic N) is 3. The summed E-state index contributed by atoms with van der Waals surface area (Å²) in [6.07, 6.45) is -4.79. The summed E-state index contributed by atoms with van der Waals surface area (Å²) in [7, 11) is 0. The number of aromatic nitrogens is 4. The Kier molecular flexibility index (Phi) is 5.27. The van der Waals surface area contributed by atoms with Crippen LogP contribution in [-0.2, 0) is 17.5 Å². The summed E-state index contributed by atoms with van der Waals surface area (Å²) in [5.41, 5.74) is -0.711. The molecule has 0 bridgehead atoms. The number of H-pyrrole nitrogens is 1. The number of hydrogen-bond donors (Lipinski definition) is 1. The number of nitrogens with one attached hydrogen (secondary N) is 1. The fourth-order valence-corrected chi connectivity index (χ4v) is 2.56. The second kappa shape index (κ2) is 7.50. The monoisotopic (exact) mass is 416 g/mol. The van der Waals surface area contributed by atoms with Crippen LogP contribution in [0.5, 0.6) is 5.75 Å². The zero-order valence-corrected chi connectivity index (χ0v) is 15.0. The van der Waals surface area contributed by atoms with Gasteiger partial charge in [0.2, 0.25) is 5.78 Å². The van der Waals surface area contributed by atoms with Crippen LogP contribution in [0.15, 0.2) is 29.1 Å². The number of alkyl halides is 3. The summed E-state index contributed by atoms with van der Waals surface area (Å²) >= 11 is 6.02. The number of fused-ring (bicyclic) bond motifs is 1. The molecular formula is C16H12ClF3N4O4. The van der Waals surface area contributed by atoms with Crippen LogP contribution >= 0.6 is 11.6 Å². The van der Waals surface area contributed by atoms with Gasteiger partial charge < -0.3 is 14.5 Å². The summed E-state index contributed by atoms with van der Waals surface area (Å²) in [5, 5.41) is 3.23. The molecule has 0 spiro atoms. The minimum absolute atomic E-state index is 0.00345. The van der Waals surface area contributed by atoms with Crippen molar-refractivity contribution in [2.24, 2.45) is 0 Å². The van der Waals surface area contributed by atoms with Gasteiger partial charge in [-0.2, -0.15) is 22.7 Å². The smallest absolute Gasteiger partial charge is 0.453 e. The molecule has 8 nitrogen and oxygen atoms in total. The standard InChI is InChI=1S/C16H12ClF3N4O4/c1-2-27-13(26)12-9(17)4-3-5-10(12)28-7-8-6-11(25)24-15(21-8)22-14(23-24)16(18,19)20/h3-6H,2,7H2,1H3,(H,21,22,23). The minimum atomic E-state index is -4.79. The van der Waals surface area contributed by atoms with Gasteiger partial charge in [0, 0.05) is 6.07 Å². The second-order valence-corrected chi connectivity index (χ2v) is 5.83. The van der Waals surface area contributed by atoms with Crippen molar-refractivity contribution in [3.05, 3.63) is 56.7 Å². The maximum atomic E-state index is 12.7. The molecule has 0 aliphatic heterocycles. The number of carbonyl (C=O) groups is 1. The molecule has 1 N–H and O–H groups in total. The van der Waals surface area contributed by atoms with E-state index in [9.17, 15) is 22.8 Å². The van der Waals surface area contributed by atoms with E-state index in [0.29, 0.717) is 4.52 Å². The Bertz CT molecular complexity index is 1090. The third-order valence-electron chi connectivity index (χ3n) is 3.48. The SMILES string of the molecule is CCOC(=O)c1c(Cl)cccc1OCc1cc(=O)n2nc(C(F)(F)F)nc2[nH]1. The minimum Gasteiger partial charge on any atom is -0.486 e. The number of benzene rings is 1. The first-order valence-electron chi connectivity index (χ1n) is 7.85. The first-order valence-corrected chi connectivity index (χ1v) is 8.23. The molecule has 0 aliphatic rings. The van der Waals surface area contributed by atoms with Crippen LogP contribution in [0.1, 0.15) is 28.8 Å². The van der Waals surface area contributed by atoms with E-state index in [4.69, 9.17) is 21.1 Å². The molecule has 3 aromatic rings. The topological polar surface area (TPSA) is 98.6 Å². The van der Waals surface area contributed by atoms with Gasteiger partial charge in [0.05, 0.1) is 17.3 Å². The summed E-state index contributed by atoms with van der Waals surface area (Å²) < 4.78 is 49.1. The van der Waals surface area contributed by atoms with Gasteiger partial charge in [0.15, 0.2) is 0 Å². The molecule has 0 radical (unpaired) electrons. The van der Waals surface area contributed by atoms with Crippen molar-refractivity contribution in [2.75, 3.05) is 6.61 Å². The Morgan fingerprint density at radius 2 is 2.11 bits per heavy atom. The van der Waals surface area contributed by atoms with Crippen LogP contribution in [0.2, 0.25) is 5.02 Å². The van der Waals surface area contributed by atoms with E-state index in [2.05, 4.69) is 15.1 Å². The largest absolute Gasteiger partial charge is 0.486 e. The molecule has 0 saturated heterocycles. The first kappa shape index (κ1) is 19.7. The van der Waals surface area contributed by atoms with Gasteiger partial charge in [-0.1, -0.05) is 17.7 Å². The maximum absolute atomic E-state index is 12.7. The molecule has 2 heterocycles. The lowest BCUT2D eigenvalue weighted by Crippen LogP contribution is -2.17. The molecule has 12 heteroatoms. The highest BCUT2D eigenvalue weighted by atomic mass is 35.5. The van der Waals surface area contributed by atoms with Gasteiger partial charge in [0.1, 0.15) is 17.9 Å². The molecule has 2 aromatic heterocycles. The summed E-state index contributed by atoms with van der Waals surface area (Å²) in [6, 6.07) is 5.49. The van der Waals surface area contributed by atoms with E-state index in [1.807, 2.05) is 0 Å². The highest BCUT2D eigenvalue weighted by molar-refractivity contribution is 6.34. The van der Waals surface area contributed by atoms with Crippen molar-refractivity contribution in [3.8, 4) is 5.75 Å². The van der Waals surface area contributed by atoms with E-state index in [1.54, 1.807) is 13.0 Å². The molecular weight excluding hydrogens is 405 g/mol. The van der Waals surface area contributed by atoms with Crippen molar-refractivity contribution in [1.82, 2.24) is 19.6 Å². The number of hydrogen-bond acceptors (Lipinski definition) is 6. The van der Waals surface area contributed by atoms with Crippen molar-refractivity contribution in [2.45, 2.75) is 19.7 Å². The van der Waals surface area contributed by atoms with Crippen molar-refractivity contribution in [1.29, 1.82) is 0 Å². The Balaban J connectivity index is 1.90. The van der Waals surface area contributed by atoms with E-state index in [1.165, 1.54) is 12.1 Å². The van der Waals surface area contributed by atoms with Crippen molar-refractivity contribution < 1.29 is 27.4 Å². The molecule has 0 fully saturated rings. The molecule has 0 unspecified atom stereocenters. The van der Waals surface area contributed by atoms with Crippen LogP contribution in [0.25, 0.3) is 5.78 Å². The van der Waals surface area contributed by atoms with Crippen molar-refractivity contribution >= 4 is 23.3 Å². The molecule has 0 saturated carbocycles. The summed E-state index contributed by atoms with van der Waals surface area (Å²) in [5.74, 6) is -2.45. The molecule has 148 valence electrons. The van der Waals surface area contributed by atoms with Crippen LogP contribution < -0.4 is 10.3 Å². The predicted molar refractivity (Wildman–Crippen MR) is 90.4 cm³/mol. The predicted octanol–water partition coefficient (Wildman–Crippen LogP) is 2.85. The van der Waals surface area contributed by atoms with E-state index in [-0.39, 0.29) is 35.2 Å². The number of carbonyl (C=O) groups excluding carboxylic acids is 1. The fourth-order valence-electron chi connectivity index (χ4n) is 2.32. The molecule has 0 amide bonds. The van der Waals surface area contributed by atoms with Gasteiger partial charge >= 0.3 is 12.1 Å². The third-order valence-corrected chi connectivity index (χ3v) is 3.79. The average molecular weight is 417 g/mol. The van der Waals surface area contributed by atoms with Gasteiger partial charge in [-0.25, -0.2) is 4.79 Å². The van der Waals surface area contributed by atoms with Crippen LogP contribution in [-0.4, -0.2) is 32.2 Å².